The summed E-state index contributed by atoms with van der Waals surface area (Å²) in [5, 5.41) is 0. The molecule has 0 aromatic heterocycles. The van der Waals surface area contributed by atoms with E-state index in [-0.39, 0.29) is 19.8 Å². The van der Waals surface area contributed by atoms with E-state index < -0.39 is 0 Å². The van der Waals surface area contributed by atoms with Gasteiger partial charge in [-0.1, -0.05) is 13.3 Å². The largest absolute Gasteiger partial charge is 0.748 e. The fraction of sp³-hybridized carbons (Fsp3) is 0.167. The van der Waals surface area contributed by atoms with Gasteiger partial charge in [0.1, 0.15) is 0 Å². The molecule has 0 heterocycles. The second-order valence-electron chi connectivity index (χ2n) is 2.61. The maximum atomic E-state index is 2.16. The van der Waals surface area contributed by atoms with Crippen LogP contribution in [0.15, 0.2) is 54.6 Å². The summed E-state index contributed by atoms with van der Waals surface area (Å²) in [6.45, 7) is 2.16. The van der Waals surface area contributed by atoms with E-state index in [0.29, 0.717) is 0 Å². The van der Waals surface area contributed by atoms with Gasteiger partial charge in [0.25, 0.3) is 0 Å². The summed E-state index contributed by atoms with van der Waals surface area (Å²) in [6, 6.07) is 18.4. The third-order valence-corrected chi connectivity index (χ3v) is 1.70. The van der Waals surface area contributed by atoms with E-state index in [0.717, 1.165) is 6.42 Å². The van der Waals surface area contributed by atoms with Crippen LogP contribution in [0, 0.1) is 0 Å². The number of hydrogen-bond donors (Lipinski definition) is 0. The van der Waals surface area contributed by atoms with Gasteiger partial charge in [-0.15, -0.1) is 0 Å². The fourth-order valence-corrected chi connectivity index (χ4v) is 0.970. The van der Waals surface area contributed by atoms with Gasteiger partial charge in [0.15, 0.2) is 0 Å². The zero-order chi connectivity index (χ0) is 8.65. The topological polar surface area (TPSA) is 0 Å². The summed E-state index contributed by atoms with van der Waals surface area (Å²) >= 11 is 0. The van der Waals surface area contributed by atoms with Crippen LogP contribution in [0.5, 0.6) is 0 Å². The monoisotopic (exact) mass is 350 g/mol. The number of rotatable bonds is 1. The van der Waals surface area contributed by atoms with E-state index in [9.17, 15) is 0 Å². The Kier molecular flexibility index (Phi) is 7.55. The summed E-state index contributed by atoms with van der Waals surface area (Å²) in [5.41, 5.74) is 1.43. The first-order valence-electron chi connectivity index (χ1n) is 4.30. The number of hydrogen-bond acceptors (Lipinski definition) is 0. The van der Waals surface area contributed by atoms with Crippen molar-refractivity contribution in [2.24, 2.45) is 0 Å². The molecule has 0 saturated heterocycles. The van der Waals surface area contributed by atoms with E-state index in [2.05, 4.69) is 31.2 Å². The molecule has 0 bridgehead atoms. The van der Waals surface area contributed by atoms with Gasteiger partial charge in [0, 0.05) is 19.8 Å². The van der Waals surface area contributed by atoms with Gasteiger partial charge < -0.3 is 30.3 Å². The molecule has 0 spiro atoms. The summed E-state index contributed by atoms with van der Waals surface area (Å²) in [5.74, 6) is 0. The molecule has 0 saturated carbocycles. The summed E-state index contributed by atoms with van der Waals surface area (Å²) < 4.78 is 0. The Bertz CT molecular complexity index is 236. The van der Waals surface area contributed by atoms with Crippen molar-refractivity contribution in [1.82, 2.24) is 0 Å². The minimum Gasteiger partial charge on any atom is -0.748 e. The average Bonchev–Trinajstić information content (AvgIpc) is 2.81. The van der Waals surface area contributed by atoms with Crippen LogP contribution >= 0.6 is 0 Å². The molecule has 2 rings (SSSR count). The third kappa shape index (κ3) is 5.56. The molecule has 76 valence electrons. The van der Waals surface area contributed by atoms with Gasteiger partial charge in [-0.2, -0.15) is 17.7 Å². The Balaban J connectivity index is 0.000000215. The zero-order valence-corrected chi connectivity index (χ0v) is 10.3. The van der Waals surface area contributed by atoms with Crippen LogP contribution in [0.1, 0.15) is 12.5 Å². The van der Waals surface area contributed by atoms with E-state index in [1.807, 2.05) is 30.3 Å². The maximum absolute atomic E-state index is 2.16. The maximum Gasteiger partial charge on any atom is 0 e. The molecule has 0 unspecified atom stereocenters. The minimum absolute atomic E-state index is 0. The molecule has 2 aromatic rings. The first-order valence-corrected chi connectivity index (χ1v) is 4.30. The fourth-order valence-electron chi connectivity index (χ4n) is 0.970. The van der Waals surface area contributed by atoms with Crippen LogP contribution in [0.25, 0.3) is 0 Å². The molecule has 0 N–H and O–H groups in total. The van der Waals surface area contributed by atoms with Crippen molar-refractivity contribution >= 4 is 0 Å². The van der Waals surface area contributed by atoms with Gasteiger partial charge in [-0.25, -0.2) is 12.1 Å². The Morgan fingerprint density at radius 1 is 0.923 bits per heavy atom. The van der Waals surface area contributed by atoms with Crippen LogP contribution < -0.4 is 0 Å². The van der Waals surface area contributed by atoms with Crippen molar-refractivity contribution < 1.29 is 19.8 Å². The van der Waals surface area contributed by atoms with Gasteiger partial charge in [0.2, 0.25) is 0 Å². The molecular formula is C12H14Os-6. The molecule has 1 heteroatoms. The average molecular weight is 348 g/mol. The Morgan fingerprint density at radius 2 is 1.31 bits per heavy atom. The molecule has 0 radical (unpaired) electrons. The van der Waals surface area contributed by atoms with Crippen LogP contribution in [-0.4, -0.2) is 0 Å². The van der Waals surface area contributed by atoms with Crippen LogP contribution in [0.3, 0.4) is 0 Å². The molecule has 0 nitrogen and oxygen atoms in total. The molecule has 0 aliphatic rings. The van der Waals surface area contributed by atoms with Crippen molar-refractivity contribution in [2.75, 3.05) is 0 Å². The summed E-state index contributed by atoms with van der Waals surface area (Å²) in [6.07, 6.45) is 1.16. The van der Waals surface area contributed by atoms with Crippen LogP contribution in [0.4, 0.5) is 0 Å². The van der Waals surface area contributed by atoms with Crippen LogP contribution in [-0.2, 0) is 26.2 Å². The van der Waals surface area contributed by atoms with E-state index in [1.165, 1.54) is 5.56 Å². The summed E-state index contributed by atoms with van der Waals surface area (Å²) in [7, 11) is 0. The van der Waals surface area contributed by atoms with Gasteiger partial charge in [-0.05, 0) is 0 Å². The van der Waals surface area contributed by atoms with E-state index >= 15 is 0 Å². The normalized spacial score (nSPS) is 8.08. The molecule has 13 heavy (non-hydrogen) atoms. The molecule has 0 fully saturated rings. The predicted octanol–water partition coefficient (Wildman–Crippen LogP) is 3.37. The van der Waals surface area contributed by atoms with Crippen molar-refractivity contribution in [3.05, 3.63) is 60.2 Å². The van der Waals surface area contributed by atoms with Gasteiger partial charge >= 0.3 is 0 Å². The Hall–Kier alpha value is -0.664. The second kappa shape index (κ2) is 7.96. The van der Waals surface area contributed by atoms with E-state index in [4.69, 9.17) is 0 Å². The van der Waals surface area contributed by atoms with Crippen molar-refractivity contribution in [3.63, 3.8) is 0 Å². The smallest absolute Gasteiger partial charge is 0 e. The van der Waals surface area contributed by atoms with Crippen molar-refractivity contribution in [3.8, 4) is 0 Å². The quantitative estimate of drug-likeness (QED) is 0.693. The molecule has 0 atom stereocenters. The van der Waals surface area contributed by atoms with Gasteiger partial charge in [-0.3, -0.25) is 0 Å². The van der Waals surface area contributed by atoms with E-state index in [1.54, 1.807) is 0 Å². The van der Waals surface area contributed by atoms with Crippen molar-refractivity contribution in [2.45, 2.75) is 13.3 Å². The SMILES string of the molecule is CC[c-]1cccc1.[Os].[cH-]1[cH-][cH-][cH-][cH-]1. The second-order valence-corrected chi connectivity index (χ2v) is 2.61. The number of aryl methyl sites for hydroxylation is 1. The molecule has 0 aliphatic heterocycles. The predicted molar refractivity (Wildman–Crippen MR) is 53.4 cm³/mol. The minimum atomic E-state index is 0. The Labute approximate surface area is 93.4 Å². The third-order valence-electron chi connectivity index (χ3n) is 1.70. The van der Waals surface area contributed by atoms with Crippen LogP contribution in [0.2, 0.25) is 0 Å². The molecule has 2 aromatic carbocycles. The first kappa shape index (κ1) is 12.3. The molecular weight excluding hydrogens is 334 g/mol. The first-order chi connectivity index (χ1) is 5.93. The Morgan fingerprint density at radius 3 is 1.54 bits per heavy atom. The molecule has 0 amide bonds. The summed E-state index contributed by atoms with van der Waals surface area (Å²) in [4.78, 5) is 0. The van der Waals surface area contributed by atoms with Crippen molar-refractivity contribution in [1.29, 1.82) is 0 Å². The standard InChI is InChI=1S/C7H9.C5H5.Os/c1-2-7-5-3-4-6-7;1-2-4-5-3-1;/h3-6H,2H2,1H3;1-5H;/q-1;-5;. The zero-order valence-electron chi connectivity index (χ0n) is 7.76. The molecule has 0 aliphatic carbocycles. The van der Waals surface area contributed by atoms with Gasteiger partial charge in [0.05, 0.1) is 0 Å².